The summed E-state index contributed by atoms with van der Waals surface area (Å²) < 4.78 is 0. The van der Waals surface area contributed by atoms with Crippen molar-refractivity contribution >= 4 is 23.1 Å². The second-order valence-electron chi connectivity index (χ2n) is 2.66. The van der Waals surface area contributed by atoms with E-state index in [1.54, 1.807) is 11.3 Å². The lowest BCUT2D eigenvalue weighted by Gasteiger charge is -2.10. The molecule has 0 amide bonds. The first-order chi connectivity index (χ1) is 5.83. The highest BCUT2D eigenvalue weighted by Gasteiger charge is 2.00. The molecule has 0 fully saturated rings. The molecule has 4 heteroatoms. The Bertz CT molecular complexity index is 199. The molecule has 1 atom stereocenters. The molecule has 0 aromatic carbocycles. The van der Waals surface area contributed by atoms with E-state index in [2.05, 4.69) is 23.5 Å². The van der Waals surface area contributed by atoms with Gasteiger partial charge in [0.15, 0.2) is 0 Å². The van der Waals surface area contributed by atoms with E-state index >= 15 is 0 Å². The van der Waals surface area contributed by atoms with Crippen molar-refractivity contribution in [1.82, 2.24) is 10.3 Å². The number of thioether (sulfide) groups is 1. The van der Waals surface area contributed by atoms with E-state index in [9.17, 15) is 0 Å². The van der Waals surface area contributed by atoms with Gasteiger partial charge in [0.1, 0.15) is 5.01 Å². The summed E-state index contributed by atoms with van der Waals surface area (Å²) in [6, 6.07) is 0.573. The molecule has 0 aliphatic heterocycles. The van der Waals surface area contributed by atoms with E-state index in [1.165, 1.54) is 5.01 Å². The Morgan fingerprint density at radius 1 is 1.75 bits per heavy atom. The van der Waals surface area contributed by atoms with E-state index in [0.717, 1.165) is 12.3 Å². The maximum atomic E-state index is 4.20. The molecule has 68 valence electrons. The zero-order chi connectivity index (χ0) is 8.81. The summed E-state index contributed by atoms with van der Waals surface area (Å²) in [6.07, 6.45) is 3.97. The number of hydrogen-bond acceptors (Lipinski definition) is 4. The fourth-order valence-electron chi connectivity index (χ4n) is 0.911. The van der Waals surface area contributed by atoms with Crippen molar-refractivity contribution in [2.45, 2.75) is 19.5 Å². The van der Waals surface area contributed by atoms with Crippen molar-refractivity contribution in [2.75, 3.05) is 12.0 Å². The van der Waals surface area contributed by atoms with Gasteiger partial charge in [-0.25, -0.2) is 4.98 Å². The van der Waals surface area contributed by atoms with Crippen LogP contribution in [0, 0.1) is 0 Å². The predicted molar refractivity (Wildman–Crippen MR) is 56.8 cm³/mol. The second-order valence-corrected chi connectivity index (χ2v) is 4.55. The Morgan fingerprint density at radius 2 is 2.58 bits per heavy atom. The molecule has 1 heterocycles. The van der Waals surface area contributed by atoms with Gasteiger partial charge in [0, 0.05) is 29.9 Å². The number of aromatic nitrogens is 1. The number of hydrogen-bond donors (Lipinski definition) is 1. The summed E-state index contributed by atoms with van der Waals surface area (Å²) in [4.78, 5) is 4.20. The molecule has 12 heavy (non-hydrogen) atoms. The quantitative estimate of drug-likeness (QED) is 0.790. The average Bonchev–Trinajstić information content (AvgIpc) is 2.53. The van der Waals surface area contributed by atoms with Gasteiger partial charge < -0.3 is 5.32 Å². The van der Waals surface area contributed by atoms with Crippen LogP contribution < -0.4 is 5.32 Å². The van der Waals surface area contributed by atoms with Gasteiger partial charge in [-0.05, 0) is 13.2 Å². The van der Waals surface area contributed by atoms with Crippen LogP contribution in [0.15, 0.2) is 11.6 Å². The summed E-state index contributed by atoms with van der Waals surface area (Å²) in [5.74, 6) is 1.16. The SMILES string of the molecule is CSCC(C)NCc1nccs1. The highest BCUT2D eigenvalue weighted by molar-refractivity contribution is 7.98. The Kier molecular flexibility index (Phi) is 4.65. The molecule has 1 aromatic rings. The van der Waals surface area contributed by atoms with E-state index in [0.29, 0.717) is 6.04 Å². The monoisotopic (exact) mass is 202 g/mol. The number of nitrogens with one attached hydrogen (secondary N) is 1. The van der Waals surface area contributed by atoms with Crippen LogP contribution in [-0.4, -0.2) is 23.0 Å². The highest BCUT2D eigenvalue weighted by atomic mass is 32.2. The molecule has 0 spiro atoms. The van der Waals surface area contributed by atoms with Crippen molar-refractivity contribution in [2.24, 2.45) is 0 Å². The van der Waals surface area contributed by atoms with Gasteiger partial charge in [-0.15, -0.1) is 11.3 Å². The topological polar surface area (TPSA) is 24.9 Å². The first-order valence-corrected chi connectivity index (χ1v) is 6.21. The number of rotatable bonds is 5. The zero-order valence-corrected chi connectivity index (χ0v) is 9.04. The third-order valence-corrected chi connectivity index (χ3v) is 3.11. The molecular weight excluding hydrogens is 188 g/mol. The van der Waals surface area contributed by atoms with Crippen LogP contribution in [0.3, 0.4) is 0 Å². The van der Waals surface area contributed by atoms with Crippen molar-refractivity contribution < 1.29 is 0 Å². The minimum absolute atomic E-state index is 0.573. The van der Waals surface area contributed by atoms with E-state index < -0.39 is 0 Å². The molecule has 1 N–H and O–H groups in total. The Hall–Kier alpha value is -0.0600. The fourth-order valence-corrected chi connectivity index (χ4v) is 2.10. The molecular formula is C8H14N2S2. The van der Waals surface area contributed by atoms with Crippen LogP contribution in [0.25, 0.3) is 0 Å². The second kappa shape index (κ2) is 5.56. The lowest BCUT2D eigenvalue weighted by molar-refractivity contribution is 0.594. The van der Waals surface area contributed by atoms with E-state index in [1.807, 2.05) is 23.3 Å². The van der Waals surface area contributed by atoms with Crippen molar-refractivity contribution in [3.63, 3.8) is 0 Å². The van der Waals surface area contributed by atoms with E-state index in [-0.39, 0.29) is 0 Å². The average molecular weight is 202 g/mol. The molecule has 1 aromatic heterocycles. The first kappa shape index (κ1) is 10.0. The van der Waals surface area contributed by atoms with Crippen molar-refractivity contribution in [1.29, 1.82) is 0 Å². The molecule has 0 aliphatic carbocycles. The first-order valence-electron chi connectivity index (χ1n) is 3.93. The normalized spacial score (nSPS) is 13.2. The highest BCUT2D eigenvalue weighted by Crippen LogP contribution is 2.04. The maximum absolute atomic E-state index is 4.20. The van der Waals surface area contributed by atoms with Crippen LogP contribution in [0.1, 0.15) is 11.9 Å². The van der Waals surface area contributed by atoms with Crippen LogP contribution in [0.2, 0.25) is 0 Å². The van der Waals surface area contributed by atoms with Crippen LogP contribution in [0.5, 0.6) is 0 Å². The summed E-state index contributed by atoms with van der Waals surface area (Å²) in [5.41, 5.74) is 0. The van der Waals surface area contributed by atoms with E-state index in [4.69, 9.17) is 0 Å². The molecule has 1 unspecified atom stereocenters. The summed E-state index contributed by atoms with van der Waals surface area (Å²) in [5, 5.41) is 6.59. The number of nitrogens with zero attached hydrogens (tertiary/aromatic N) is 1. The van der Waals surface area contributed by atoms with Crippen molar-refractivity contribution in [3.05, 3.63) is 16.6 Å². The van der Waals surface area contributed by atoms with Crippen LogP contribution in [-0.2, 0) is 6.54 Å². The van der Waals surface area contributed by atoms with Gasteiger partial charge in [-0.1, -0.05) is 0 Å². The molecule has 0 aliphatic rings. The maximum Gasteiger partial charge on any atom is 0.106 e. The standard InChI is InChI=1S/C8H14N2S2/c1-7(6-11-2)10-5-8-9-3-4-12-8/h3-4,7,10H,5-6H2,1-2H3. The molecule has 0 saturated carbocycles. The number of thiazole rings is 1. The molecule has 0 bridgehead atoms. The Morgan fingerprint density at radius 3 is 3.17 bits per heavy atom. The van der Waals surface area contributed by atoms with Gasteiger partial charge in [0.25, 0.3) is 0 Å². The third-order valence-electron chi connectivity index (χ3n) is 1.50. The van der Waals surface area contributed by atoms with Gasteiger partial charge in [0.05, 0.1) is 0 Å². The molecule has 0 saturated heterocycles. The largest absolute Gasteiger partial charge is 0.307 e. The van der Waals surface area contributed by atoms with Gasteiger partial charge in [-0.2, -0.15) is 11.8 Å². The lowest BCUT2D eigenvalue weighted by Crippen LogP contribution is -2.27. The third kappa shape index (κ3) is 3.56. The van der Waals surface area contributed by atoms with Gasteiger partial charge in [-0.3, -0.25) is 0 Å². The fraction of sp³-hybridized carbons (Fsp3) is 0.625. The van der Waals surface area contributed by atoms with Crippen LogP contribution >= 0.6 is 23.1 Å². The predicted octanol–water partition coefficient (Wildman–Crippen LogP) is 1.98. The minimum atomic E-state index is 0.573. The minimum Gasteiger partial charge on any atom is -0.307 e. The van der Waals surface area contributed by atoms with Gasteiger partial charge in [0.2, 0.25) is 0 Å². The summed E-state index contributed by atoms with van der Waals surface area (Å²) in [7, 11) is 0. The lowest BCUT2D eigenvalue weighted by atomic mass is 10.4. The Balaban J connectivity index is 2.17. The molecule has 0 radical (unpaired) electrons. The zero-order valence-electron chi connectivity index (χ0n) is 7.41. The smallest absolute Gasteiger partial charge is 0.106 e. The summed E-state index contributed by atoms with van der Waals surface area (Å²) in [6.45, 7) is 3.10. The van der Waals surface area contributed by atoms with Crippen LogP contribution in [0.4, 0.5) is 0 Å². The van der Waals surface area contributed by atoms with Gasteiger partial charge >= 0.3 is 0 Å². The van der Waals surface area contributed by atoms with Crippen molar-refractivity contribution in [3.8, 4) is 0 Å². The summed E-state index contributed by atoms with van der Waals surface area (Å²) >= 11 is 3.57. The molecule has 2 nitrogen and oxygen atoms in total. The molecule has 1 rings (SSSR count). The Labute approximate surface area is 81.8 Å².